The Morgan fingerprint density at radius 3 is 2.73 bits per heavy atom. The van der Waals surface area contributed by atoms with Crippen molar-refractivity contribution in [3.8, 4) is 12.3 Å². The molecule has 0 bridgehead atoms. The van der Waals surface area contributed by atoms with E-state index in [9.17, 15) is 4.39 Å². The zero-order chi connectivity index (χ0) is 8.48. The molecule has 1 saturated heterocycles. The van der Waals surface area contributed by atoms with E-state index in [-0.39, 0.29) is 6.10 Å². The van der Waals surface area contributed by atoms with Gasteiger partial charge in [-0.05, 0) is 13.3 Å². The Hall–Kier alpha value is -0.550. The fourth-order valence-corrected chi connectivity index (χ4v) is 1.36. The molecule has 0 aromatic carbocycles. The van der Waals surface area contributed by atoms with Crippen LogP contribution in [0.5, 0.6) is 0 Å². The van der Waals surface area contributed by atoms with E-state index in [1.54, 1.807) is 6.92 Å². The summed E-state index contributed by atoms with van der Waals surface area (Å²) in [7, 11) is 0. The summed E-state index contributed by atoms with van der Waals surface area (Å²) in [6, 6.07) is 0. The number of hydrogen-bond acceptors (Lipinski definition) is 1. The van der Waals surface area contributed by atoms with Crippen molar-refractivity contribution in [2.45, 2.75) is 44.6 Å². The van der Waals surface area contributed by atoms with Crippen LogP contribution in [0.2, 0.25) is 0 Å². The molecule has 0 aliphatic carbocycles. The maximum Gasteiger partial charge on any atom is 0.198 e. The zero-order valence-corrected chi connectivity index (χ0v) is 6.93. The van der Waals surface area contributed by atoms with Crippen LogP contribution in [0, 0.1) is 12.3 Å². The van der Waals surface area contributed by atoms with Crippen LogP contribution in [0.1, 0.15) is 26.7 Å². The summed E-state index contributed by atoms with van der Waals surface area (Å²) in [5.74, 6) is 2.16. The molecule has 3 atom stereocenters. The van der Waals surface area contributed by atoms with Gasteiger partial charge in [-0.2, -0.15) is 0 Å². The molecular formula is C9H13FO. The molecule has 0 N–H and O–H groups in total. The second kappa shape index (κ2) is 2.83. The Labute approximate surface area is 66.9 Å². The van der Waals surface area contributed by atoms with E-state index in [1.165, 1.54) is 0 Å². The number of halogens is 1. The minimum absolute atomic E-state index is 0.00560. The largest absolute Gasteiger partial charge is 0.371 e. The van der Waals surface area contributed by atoms with Gasteiger partial charge in [-0.1, -0.05) is 12.8 Å². The molecule has 0 saturated carbocycles. The highest BCUT2D eigenvalue weighted by Gasteiger charge is 2.44. The van der Waals surface area contributed by atoms with Crippen molar-refractivity contribution in [3.63, 3.8) is 0 Å². The number of hydrogen-bond donors (Lipinski definition) is 0. The second-order valence-corrected chi connectivity index (χ2v) is 3.02. The molecule has 11 heavy (non-hydrogen) atoms. The van der Waals surface area contributed by atoms with Crippen LogP contribution in [0.3, 0.4) is 0 Å². The quantitative estimate of drug-likeness (QED) is 0.527. The van der Waals surface area contributed by atoms with E-state index < -0.39 is 11.8 Å². The molecule has 0 aromatic rings. The Kier molecular flexibility index (Phi) is 2.20. The van der Waals surface area contributed by atoms with Gasteiger partial charge in [-0.25, -0.2) is 4.39 Å². The molecular weight excluding hydrogens is 143 g/mol. The first-order valence-corrected chi connectivity index (χ1v) is 3.94. The molecule has 62 valence electrons. The maximum atomic E-state index is 13.5. The molecule has 1 aliphatic heterocycles. The van der Waals surface area contributed by atoms with Gasteiger partial charge in [0.15, 0.2) is 5.67 Å². The predicted molar refractivity (Wildman–Crippen MR) is 41.9 cm³/mol. The third-order valence-electron chi connectivity index (χ3n) is 2.26. The first kappa shape index (κ1) is 8.55. The van der Waals surface area contributed by atoms with Crippen LogP contribution in [0.15, 0.2) is 0 Å². The van der Waals surface area contributed by atoms with Crippen LogP contribution in [0.4, 0.5) is 4.39 Å². The van der Waals surface area contributed by atoms with Crippen molar-refractivity contribution in [2.24, 2.45) is 0 Å². The Morgan fingerprint density at radius 1 is 1.82 bits per heavy atom. The highest BCUT2D eigenvalue weighted by atomic mass is 19.1. The lowest BCUT2D eigenvalue weighted by atomic mass is 9.97. The Balaban J connectivity index is 2.67. The van der Waals surface area contributed by atoms with Gasteiger partial charge in [0, 0.05) is 6.42 Å². The average molecular weight is 156 g/mol. The van der Waals surface area contributed by atoms with Gasteiger partial charge in [0.2, 0.25) is 0 Å². The van der Waals surface area contributed by atoms with E-state index in [4.69, 9.17) is 11.2 Å². The summed E-state index contributed by atoms with van der Waals surface area (Å²) >= 11 is 0. The lowest BCUT2D eigenvalue weighted by molar-refractivity contribution is 0.0257. The molecule has 1 heterocycles. The highest BCUT2D eigenvalue weighted by Crippen LogP contribution is 2.34. The summed E-state index contributed by atoms with van der Waals surface area (Å²) in [5, 5.41) is 0. The van der Waals surface area contributed by atoms with Crippen molar-refractivity contribution in [1.82, 2.24) is 0 Å². The first-order chi connectivity index (χ1) is 5.12. The topological polar surface area (TPSA) is 9.23 Å². The Bertz CT molecular complexity index is 184. The third-order valence-corrected chi connectivity index (χ3v) is 2.26. The molecule has 1 aliphatic rings. The van der Waals surface area contributed by atoms with Crippen molar-refractivity contribution < 1.29 is 9.13 Å². The number of ether oxygens (including phenoxy) is 1. The predicted octanol–water partition coefficient (Wildman–Crippen LogP) is 1.92. The SMILES string of the molecule is C#CC1(F)C[C@@H](CC)O[C@H]1C. The number of rotatable bonds is 1. The number of alkyl halides is 1. The lowest BCUT2D eigenvalue weighted by Gasteiger charge is -2.14. The first-order valence-electron chi connectivity index (χ1n) is 3.94. The smallest absolute Gasteiger partial charge is 0.198 e. The zero-order valence-electron chi connectivity index (χ0n) is 6.93. The molecule has 0 spiro atoms. The molecule has 1 nitrogen and oxygen atoms in total. The summed E-state index contributed by atoms with van der Waals surface area (Å²) in [4.78, 5) is 0. The summed E-state index contributed by atoms with van der Waals surface area (Å²) < 4.78 is 18.8. The fourth-order valence-electron chi connectivity index (χ4n) is 1.36. The van der Waals surface area contributed by atoms with Crippen LogP contribution < -0.4 is 0 Å². The second-order valence-electron chi connectivity index (χ2n) is 3.02. The van der Waals surface area contributed by atoms with Gasteiger partial charge in [0.25, 0.3) is 0 Å². The normalized spacial score (nSPS) is 43.8. The van der Waals surface area contributed by atoms with Gasteiger partial charge < -0.3 is 4.74 Å². The summed E-state index contributed by atoms with van der Waals surface area (Å²) in [5.41, 5.74) is -1.53. The van der Waals surface area contributed by atoms with Crippen LogP contribution in [-0.2, 0) is 4.74 Å². The van der Waals surface area contributed by atoms with E-state index >= 15 is 0 Å². The van der Waals surface area contributed by atoms with Crippen molar-refractivity contribution in [2.75, 3.05) is 0 Å². The number of terminal acetylenes is 1. The van der Waals surface area contributed by atoms with Crippen LogP contribution in [-0.4, -0.2) is 17.9 Å². The summed E-state index contributed by atoms with van der Waals surface area (Å²) in [6.45, 7) is 3.66. The van der Waals surface area contributed by atoms with Crippen molar-refractivity contribution in [1.29, 1.82) is 0 Å². The molecule has 0 radical (unpaired) electrons. The molecule has 2 heteroatoms. The van der Waals surface area contributed by atoms with Gasteiger partial charge in [-0.3, -0.25) is 0 Å². The van der Waals surface area contributed by atoms with Gasteiger partial charge in [0.1, 0.15) is 6.10 Å². The van der Waals surface area contributed by atoms with Crippen LogP contribution >= 0.6 is 0 Å². The summed E-state index contributed by atoms with van der Waals surface area (Å²) in [6.07, 6.45) is 5.81. The van der Waals surface area contributed by atoms with Gasteiger partial charge in [-0.15, -0.1) is 6.42 Å². The average Bonchev–Trinajstić information content (AvgIpc) is 2.29. The Morgan fingerprint density at radius 2 is 2.45 bits per heavy atom. The lowest BCUT2D eigenvalue weighted by Crippen LogP contribution is -2.28. The minimum atomic E-state index is -1.53. The van der Waals surface area contributed by atoms with Crippen molar-refractivity contribution in [3.05, 3.63) is 0 Å². The molecule has 0 aromatic heterocycles. The maximum absolute atomic E-state index is 13.5. The molecule has 1 unspecified atom stereocenters. The fraction of sp³-hybridized carbons (Fsp3) is 0.778. The monoisotopic (exact) mass is 156 g/mol. The minimum Gasteiger partial charge on any atom is -0.371 e. The molecule has 1 rings (SSSR count). The molecule has 1 fully saturated rings. The standard InChI is InChI=1S/C9H13FO/c1-4-8-6-9(10,5-2)7(3)11-8/h2,7-8H,4,6H2,1,3H3/t7-,8+,9?/m0/s1. The van der Waals surface area contributed by atoms with Crippen LogP contribution in [0.25, 0.3) is 0 Å². The van der Waals surface area contributed by atoms with Crippen molar-refractivity contribution >= 4 is 0 Å². The van der Waals surface area contributed by atoms with Gasteiger partial charge in [0.05, 0.1) is 6.10 Å². The molecule has 0 amide bonds. The van der Waals surface area contributed by atoms with Gasteiger partial charge >= 0.3 is 0 Å². The third kappa shape index (κ3) is 1.39. The van der Waals surface area contributed by atoms with E-state index in [0.29, 0.717) is 6.42 Å². The van der Waals surface area contributed by atoms with E-state index in [2.05, 4.69) is 5.92 Å². The van der Waals surface area contributed by atoms with E-state index in [0.717, 1.165) is 6.42 Å². The van der Waals surface area contributed by atoms with E-state index in [1.807, 2.05) is 6.92 Å². The highest BCUT2D eigenvalue weighted by molar-refractivity contribution is 5.14.